The SMILES string of the molecule is CSc1ccccc1OCc1ccc(F)c(B(O)O)c1. The topological polar surface area (TPSA) is 49.7 Å². The van der Waals surface area contributed by atoms with Crippen LogP contribution in [0.4, 0.5) is 4.39 Å². The van der Waals surface area contributed by atoms with E-state index in [-0.39, 0.29) is 12.1 Å². The monoisotopic (exact) mass is 292 g/mol. The maximum atomic E-state index is 13.3. The van der Waals surface area contributed by atoms with Gasteiger partial charge in [-0.2, -0.15) is 0 Å². The fourth-order valence-electron chi connectivity index (χ4n) is 1.78. The van der Waals surface area contributed by atoms with Gasteiger partial charge in [-0.3, -0.25) is 0 Å². The summed E-state index contributed by atoms with van der Waals surface area (Å²) in [5.41, 5.74) is 0.523. The van der Waals surface area contributed by atoms with E-state index in [1.54, 1.807) is 17.8 Å². The first kappa shape index (κ1) is 14.9. The van der Waals surface area contributed by atoms with Crippen molar-refractivity contribution in [1.82, 2.24) is 0 Å². The number of thioether (sulfide) groups is 1. The van der Waals surface area contributed by atoms with Crippen molar-refractivity contribution < 1.29 is 19.2 Å². The minimum Gasteiger partial charge on any atom is -0.488 e. The van der Waals surface area contributed by atoms with Crippen molar-refractivity contribution in [1.29, 1.82) is 0 Å². The second-order valence-corrected chi connectivity index (χ2v) is 5.02. The molecule has 3 nitrogen and oxygen atoms in total. The Morgan fingerprint density at radius 3 is 2.65 bits per heavy atom. The Morgan fingerprint density at radius 2 is 1.95 bits per heavy atom. The number of rotatable bonds is 5. The highest BCUT2D eigenvalue weighted by molar-refractivity contribution is 7.98. The zero-order chi connectivity index (χ0) is 14.5. The molecular formula is C14H14BFO3S. The van der Waals surface area contributed by atoms with Crippen molar-refractivity contribution in [2.45, 2.75) is 11.5 Å². The standard InChI is InChI=1S/C14H14BFO3S/c1-20-14-5-3-2-4-13(14)19-9-10-6-7-12(16)11(8-10)15(17)18/h2-8,17-18H,9H2,1H3. The molecule has 0 amide bonds. The Morgan fingerprint density at radius 1 is 1.20 bits per heavy atom. The van der Waals surface area contributed by atoms with Crippen molar-refractivity contribution in [3.8, 4) is 5.75 Å². The van der Waals surface area contributed by atoms with Crippen molar-refractivity contribution in [2.75, 3.05) is 6.26 Å². The highest BCUT2D eigenvalue weighted by Crippen LogP contribution is 2.27. The average Bonchev–Trinajstić information content (AvgIpc) is 2.46. The molecule has 0 atom stereocenters. The zero-order valence-corrected chi connectivity index (χ0v) is 11.7. The lowest BCUT2D eigenvalue weighted by Crippen LogP contribution is -2.33. The Kier molecular flexibility index (Phi) is 5.06. The summed E-state index contributed by atoms with van der Waals surface area (Å²) < 4.78 is 19.0. The maximum Gasteiger partial charge on any atom is 0.491 e. The van der Waals surface area contributed by atoms with Crippen LogP contribution in [-0.2, 0) is 6.61 Å². The molecule has 0 unspecified atom stereocenters. The van der Waals surface area contributed by atoms with Gasteiger partial charge in [-0.25, -0.2) is 4.39 Å². The molecule has 2 N–H and O–H groups in total. The minimum atomic E-state index is -1.83. The van der Waals surface area contributed by atoms with Gasteiger partial charge in [-0.1, -0.05) is 24.3 Å². The molecule has 6 heteroatoms. The Balaban J connectivity index is 2.13. The molecule has 2 aromatic carbocycles. The Labute approximate surface area is 121 Å². The van der Waals surface area contributed by atoms with Crippen molar-refractivity contribution >= 4 is 24.3 Å². The van der Waals surface area contributed by atoms with Crippen LogP contribution in [0.25, 0.3) is 0 Å². The van der Waals surface area contributed by atoms with Gasteiger partial charge in [-0.15, -0.1) is 11.8 Å². The van der Waals surface area contributed by atoms with E-state index < -0.39 is 12.9 Å². The Bertz CT molecular complexity index is 592. The largest absolute Gasteiger partial charge is 0.491 e. The number of benzene rings is 2. The van der Waals surface area contributed by atoms with Crippen LogP contribution in [0.15, 0.2) is 47.4 Å². The molecule has 2 rings (SSSR count). The van der Waals surface area contributed by atoms with E-state index in [2.05, 4.69) is 0 Å². The van der Waals surface area contributed by atoms with Crippen LogP contribution in [0.5, 0.6) is 5.75 Å². The van der Waals surface area contributed by atoms with E-state index in [9.17, 15) is 4.39 Å². The summed E-state index contributed by atoms with van der Waals surface area (Å²) in [4.78, 5) is 1.01. The van der Waals surface area contributed by atoms with E-state index in [4.69, 9.17) is 14.8 Å². The lowest BCUT2D eigenvalue weighted by Gasteiger charge is -2.11. The van der Waals surface area contributed by atoms with Gasteiger partial charge in [0, 0.05) is 10.4 Å². The third kappa shape index (κ3) is 3.53. The molecule has 20 heavy (non-hydrogen) atoms. The number of hydrogen-bond acceptors (Lipinski definition) is 4. The lowest BCUT2D eigenvalue weighted by molar-refractivity contribution is 0.299. The normalized spacial score (nSPS) is 10.4. The molecule has 104 valence electrons. The van der Waals surface area contributed by atoms with Crippen LogP contribution in [0.3, 0.4) is 0 Å². The second-order valence-electron chi connectivity index (χ2n) is 4.17. The van der Waals surface area contributed by atoms with Crippen LogP contribution in [0.1, 0.15) is 5.56 Å². The Hall–Kier alpha value is -1.50. The van der Waals surface area contributed by atoms with Gasteiger partial charge in [-0.05, 0) is 30.0 Å². The molecule has 0 fully saturated rings. The summed E-state index contributed by atoms with van der Waals surface area (Å²) in [5, 5.41) is 18.1. The molecule has 0 aliphatic carbocycles. The summed E-state index contributed by atoms with van der Waals surface area (Å²) >= 11 is 1.58. The molecule has 2 aromatic rings. The molecule has 0 aliphatic heterocycles. The molecule has 0 saturated heterocycles. The van der Waals surface area contributed by atoms with Gasteiger partial charge in [0.05, 0.1) is 0 Å². The minimum absolute atomic E-state index is 0.149. The lowest BCUT2D eigenvalue weighted by atomic mass is 9.79. The van der Waals surface area contributed by atoms with Gasteiger partial charge < -0.3 is 14.8 Å². The van der Waals surface area contributed by atoms with Gasteiger partial charge >= 0.3 is 7.12 Å². The van der Waals surface area contributed by atoms with Crippen LogP contribution in [0, 0.1) is 5.82 Å². The number of para-hydroxylation sites is 1. The maximum absolute atomic E-state index is 13.3. The van der Waals surface area contributed by atoms with Gasteiger partial charge in [0.2, 0.25) is 0 Å². The van der Waals surface area contributed by atoms with Crippen LogP contribution >= 0.6 is 11.8 Å². The number of halogens is 1. The molecule has 0 spiro atoms. The quantitative estimate of drug-likeness (QED) is 0.652. The van der Waals surface area contributed by atoms with E-state index >= 15 is 0 Å². The predicted molar refractivity (Wildman–Crippen MR) is 78.8 cm³/mol. The van der Waals surface area contributed by atoms with E-state index in [0.717, 1.165) is 10.6 Å². The highest BCUT2D eigenvalue weighted by atomic mass is 32.2. The highest BCUT2D eigenvalue weighted by Gasteiger charge is 2.17. The van der Waals surface area contributed by atoms with Gasteiger partial charge in [0.15, 0.2) is 0 Å². The summed E-state index contributed by atoms with van der Waals surface area (Å²) in [6.45, 7) is 0.234. The average molecular weight is 292 g/mol. The van der Waals surface area contributed by atoms with Gasteiger partial charge in [0.25, 0.3) is 0 Å². The molecule has 0 bridgehead atoms. The molecule has 0 radical (unpaired) electrons. The van der Waals surface area contributed by atoms with Crippen molar-refractivity contribution in [3.63, 3.8) is 0 Å². The molecular weight excluding hydrogens is 278 g/mol. The van der Waals surface area contributed by atoms with E-state index in [0.29, 0.717) is 5.56 Å². The summed E-state index contributed by atoms with van der Waals surface area (Å²) in [6.07, 6.45) is 1.96. The van der Waals surface area contributed by atoms with E-state index in [1.807, 2.05) is 30.5 Å². The zero-order valence-electron chi connectivity index (χ0n) is 10.9. The summed E-state index contributed by atoms with van der Waals surface area (Å²) in [7, 11) is -1.83. The molecule has 0 aliphatic rings. The van der Waals surface area contributed by atoms with Crippen molar-refractivity contribution in [2.24, 2.45) is 0 Å². The fourth-order valence-corrected chi connectivity index (χ4v) is 2.32. The number of ether oxygens (including phenoxy) is 1. The van der Waals surface area contributed by atoms with E-state index in [1.165, 1.54) is 12.1 Å². The third-order valence-corrected chi connectivity index (χ3v) is 3.58. The predicted octanol–water partition coefficient (Wildman–Crippen LogP) is 1.81. The van der Waals surface area contributed by atoms with Gasteiger partial charge in [0.1, 0.15) is 18.2 Å². The molecule has 0 heterocycles. The first-order chi connectivity index (χ1) is 9.61. The van der Waals surface area contributed by atoms with Crippen LogP contribution < -0.4 is 10.2 Å². The second kappa shape index (κ2) is 6.79. The van der Waals surface area contributed by atoms with Crippen LogP contribution in [-0.4, -0.2) is 23.4 Å². The fraction of sp³-hybridized carbons (Fsp3) is 0.143. The molecule has 0 saturated carbocycles. The first-order valence-electron chi connectivity index (χ1n) is 6.02. The number of hydrogen-bond donors (Lipinski definition) is 2. The van der Waals surface area contributed by atoms with Crippen LogP contribution in [0.2, 0.25) is 0 Å². The molecule has 0 aromatic heterocycles. The van der Waals surface area contributed by atoms with Crippen molar-refractivity contribution in [3.05, 3.63) is 53.8 Å². The smallest absolute Gasteiger partial charge is 0.488 e. The third-order valence-electron chi connectivity index (χ3n) is 2.80. The summed E-state index contributed by atoms with van der Waals surface area (Å²) in [6, 6.07) is 11.8. The first-order valence-corrected chi connectivity index (χ1v) is 7.24. The summed E-state index contributed by atoms with van der Waals surface area (Å²) in [5.74, 6) is 0.101.